The lowest BCUT2D eigenvalue weighted by Gasteiger charge is -2.34. The highest BCUT2D eigenvalue weighted by molar-refractivity contribution is 7.91. The number of hydrogen-bond donors (Lipinski definition) is 0. The van der Waals surface area contributed by atoms with Gasteiger partial charge in [0.25, 0.3) is 11.4 Å². The molecule has 6 heteroatoms. The summed E-state index contributed by atoms with van der Waals surface area (Å²) in [6, 6.07) is 0. The van der Waals surface area contributed by atoms with Crippen LogP contribution in [-0.4, -0.2) is 26.1 Å². The van der Waals surface area contributed by atoms with Crippen LogP contribution in [0.1, 0.15) is 19.3 Å². The normalized spacial score (nSPS) is 22.5. The van der Waals surface area contributed by atoms with Gasteiger partial charge in [-0.2, -0.15) is 0 Å². The third kappa shape index (κ3) is 1.98. The van der Waals surface area contributed by atoms with Crippen molar-refractivity contribution in [2.24, 2.45) is 5.92 Å². The highest BCUT2D eigenvalue weighted by Crippen LogP contribution is 2.44. The number of rotatable bonds is 3. The fraction of sp³-hybridized carbons (Fsp3) is 1.00. The first-order chi connectivity index (χ1) is 5.76. The Kier molecular flexibility index (Phi) is 2.62. The Labute approximate surface area is 75.0 Å². The first kappa shape index (κ1) is 10.8. The van der Waals surface area contributed by atoms with Crippen molar-refractivity contribution in [2.75, 3.05) is 6.26 Å². The Morgan fingerprint density at radius 1 is 1.38 bits per heavy atom. The fourth-order valence-corrected chi connectivity index (χ4v) is 2.03. The zero-order valence-electron chi connectivity index (χ0n) is 7.13. The van der Waals surface area contributed by atoms with Crippen LogP contribution in [0.2, 0.25) is 0 Å². The van der Waals surface area contributed by atoms with Crippen LogP contribution in [0.5, 0.6) is 0 Å². The van der Waals surface area contributed by atoms with Crippen molar-refractivity contribution >= 4 is 9.84 Å². The van der Waals surface area contributed by atoms with E-state index in [1.165, 1.54) is 0 Å². The van der Waals surface area contributed by atoms with E-state index < -0.39 is 27.2 Å². The maximum absolute atomic E-state index is 13.0. The van der Waals surface area contributed by atoms with Gasteiger partial charge in [-0.05, 0) is 12.8 Å². The van der Waals surface area contributed by atoms with Gasteiger partial charge in [-0.25, -0.2) is 21.6 Å². The number of hydrogen-bond acceptors (Lipinski definition) is 2. The Hall–Kier alpha value is -0.260. The summed E-state index contributed by atoms with van der Waals surface area (Å²) in [5.74, 6) is -4.82. The van der Waals surface area contributed by atoms with Crippen LogP contribution in [0, 0.1) is 5.92 Å². The summed E-state index contributed by atoms with van der Waals surface area (Å²) in [5, 5.41) is 0. The van der Waals surface area contributed by atoms with Crippen molar-refractivity contribution < 1.29 is 21.6 Å². The van der Waals surface area contributed by atoms with Gasteiger partial charge >= 0.3 is 0 Å². The average Bonchev–Trinajstić information content (AvgIpc) is 1.78. The Morgan fingerprint density at radius 2 is 1.85 bits per heavy atom. The summed E-state index contributed by atoms with van der Waals surface area (Å²) in [6.45, 7) is 0. The van der Waals surface area contributed by atoms with Crippen molar-refractivity contribution in [3.05, 3.63) is 0 Å². The molecule has 0 heterocycles. The predicted molar refractivity (Wildman–Crippen MR) is 42.0 cm³/mol. The molecule has 0 aliphatic heterocycles. The molecule has 0 spiro atoms. The molecule has 1 saturated carbocycles. The summed E-state index contributed by atoms with van der Waals surface area (Å²) in [6.07, 6.45) is 1.53. The van der Waals surface area contributed by atoms with E-state index in [-0.39, 0.29) is 12.8 Å². The van der Waals surface area contributed by atoms with E-state index in [0.717, 1.165) is 0 Å². The smallest absolute Gasteiger partial charge is 0.226 e. The second-order valence-corrected chi connectivity index (χ2v) is 5.52. The molecule has 2 nitrogen and oxygen atoms in total. The van der Waals surface area contributed by atoms with Crippen LogP contribution in [0.25, 0.3) is 0 Å². The zero-order valence-corrected chi connectivity index (χ0v) is 7.95. The number of sulfone groups is 1. The quantitative estimate of drug-likeness (QED) is 0.720. The maximum Gasteiger partial charge on any atom is 0.295 e. The van der Waals surface area contributed by atoms with Gasteiger partial charge in [-0.1, -0.05) is 6.42 Å². The van der Waals surface area contributed by atoms with E-state index >= 15 is 0 Å². The molecular formula is C7H11F3O2S. The molecule has 0 saturated heterocycles. The molecule has 13 heavy (non-hydrogen) atoms. The molecule has 0 bridgehead atoms. The summed E-state index contributed by atoms with van der Waals surface area (Å²) in [5.41, 5.74) is -3.05. The summed E-state index contributed by atoms with van der Waals surface area (Å²) in [4.78, 5) is 0. The van der Waals surface area contributed by atoms with Crippen LogP contribution in [0.3, 0.4) is 0 Å². The molecule has 1 fully saturated rings. The van der Waals surface area contributed by atoms with Gasteiger partial charge in [0.05, 0.1) is 0 Å². The minimum atomic E-state index is -4.30. The van der Waals surface area contributed by atoms with Gasteiger partial charge in [-0.15, -0.1) is 0 Å². The highest BCUT2D eigenvalue weighted by Gasteiger charge is 2.54. The lowest BCUT2D eigenvalue weighted by Crippen LogP contribution is -2.45. The molecule has 1 unspecified atom stereocenters. The predicted octanol–water partition coefficient (Wildman–Crippen LogP) is 1.76. The second kappa shape index (κ2) is 3.15. The summed E-state index contributed by atoms with van der Waals surface area (Å²) >= 11 is 0. The van der Waals surface area contributed by atoms with Gasteiger partial charge in [-0.3, -0.25) is 0 Å². The first-order valence-corrected chi connectivity index (χ1v) is 5.92. The number of halogens is 3. The van der Waals surface area contributed by atoms with Crippen LogP contribution in [-0.2, 0) is 9.84 Å². The third-order valence-corrected chi connectivity index (χ3v) is 3.39. The van der Waals surface area contributed by atoms with Crippen LogP contribution in [0.4, 0.5) is 13.2 Å². The average molecular weight is 216 g/mol. The molecule has 1 aliphatic carbocycles. The van der Waals surface area contributed by atoms with Crippen molar-refractivity contribution in [3.63, 3.8) is 0 Å². The van der Waals surface area contributed by atoms with Gasteiger partial charge in [0.2, 0.25) is 0 Å². The molecular weight excluding hydrogens is 205 g/mol. The topological polar surface area (TPSA) is 34.1 Å². The van der Waals surface area contributed by atoms with E-state index in [2.05, 4.69) is 0 Å². The zero-order chi connectivity index (χ0) is 10.3. The third-order valence-electron chi connectivity index (χ3n) is 2.33. The maximum atomic E-state index is 13.0. The van der Waals surface area contributed by atoms with Crippen molar-refractivity contribution in [1.29, 1.82) is 0 Å². The molecule has 0 radical (unpaired) electrons. The molecule has 1 rings (SSSR count). The molecule has 78 valence electrons. The van der Waals surface area contributed by atoms with Crippen molar-refractivity contribution in [1.82, 2.24) is 0 Å². The van der Waals surface area contributed by atoms with Gasteiger partial charge in [0, 0.05) is 12.2 Å². The van der Waals surface area contributed by atoms with Crippen molar-refractivity contribution in [3.8, 4) is 0 Å². The van der Waals surface area contributed by atoms with Crippen LogP contribution < -0.4 is 0 Å². The molecule has 0 amide bonds. The fourth-order valence-electron chi connectivity index (χ4n) is 1.26. The molecule has 0 N–H and O–H groups in total. The van der Waals surface area contributed by atoms with E-state index in [1.807, 2.05) is 0 Å². The van der Waals surface area contributed by atoms with Gasteiger partial charge in [0.1, 0.15) is 0 Å². The summed E-state index contributed by atoms with van der Waals surface area (Å²) < 4.78 is 60.0. The largest absolute Gasteiger partial charge is 0.295 e. The minimum absolute atomic E-state index is 0.211. The van der Waals surface area contributed by atoms with E-state index in [1.54, 1.807) is 0 Å². The Morgan fingerprint density at radius 3 is 2.08 bits per heavy atom. The van der Waals surface area contributed by atoms with E-state index in [4.69, 9.17) is 0 Å². The first-order valence-electron chi connectivity index (χ1n) is 3.97. The molecule has 1 aliphatic rings. The van der Waals surface area contributed by atoms with Crippen LogP contribution in [0.15, 0.2) is 0 Å². The Balaban J connectivity index is 2.79. The minimum Gasteiger partial charge on any atom is -0.226 e. The SMILES string of the molecule is CS(=O)(=O)C(F)C(F)(F)C1CCC1. The molecule has 0 aromatic rings. The molecule has 0 aromatic heterocycles. The summed E-state index contributed by atoms with van der Waals surface area (Å²) in [7, 11) is -4.30. The van der Waals surface area contributed by atoms with Gasteiger partial charge < -0.3 is 0 Å². The Bertz CT molecular complexity index is 282. The monoisotopic (exact) mass is 216 g/mol. The van der Waals surface area contributed by atoms with Crippen LogP contribution >= 0.6 is 0 Å². The number of alkyl halides is 3. The van der Waals surface area contributed by atoms with E-state index in [9.17, 15) is 21.6 Å². The molecule has 1 atom stereocenters. The lowest BCUT2D eigenvalue weighted by molar-refractivity contribution is -0.116. The van der Waals surface area contributed by atoms with Gasteiger partial charge in [0.15, 0.2) is 9.84 Å². The second-order valence-electron chi connectivity index (χ2n) is 3.45. The van der Waals surface area contributed by atoms with E-state index in [0.29, 0.717) is 12.7 Å². The standard InChI is InChI=1S/C7H11F3O2S/c1-13(11,12)6(8)7(9,10)5-3-2-4-5/h5-6H,2-4H2,1H3. The molecule has 0 aromatic carbocycles. The lowest BCUT2D eigenvalue weighted by atomic mass is 9.81. The van der Waals surface area contributed by atoms with Crippen molar-refractivity contribution in [2.45, 2.75) is 30.7 Å². The highest BCUT2D eigenvalue weighted by atomic mass is 32.2.